The van der Waals surface area contributed by atoms with E-state index in [0.29, 0.717) is 25.4 Å². The Balaban J connectivity index is 0.00000306. The quantitative estimate of drug-likeness (QED) is 0.315. The van der Waals surface area contributed by atoms with E-state index < -0.39 is 0 Å². The summed E-state index contributed by atoms with van der Waals surface area (Å²) in [6.07, 6.45) is 8.37. The summed E-state index contributed by atoms with van der Waals surface area (Å²) < 4.78 is 0. The SMILES string of the molecule is CN=C(NCc1cccc(CN2CCCC2=O)c1)NC1CCN(C(=O)C2CCCCC2)C1.I. The van der Waals surface area contributed by atoms with Crippen LogP contribution in [0, 0.1) is 5.92 Å². The molecular formula is C25H38IN5O2. The van der Waals surface area contributed by atoms with E-state index in [9.17, 15) is 9.59 Å². The maximum Gasteiger partial charge on any atom is 0.225 e. The van der Waals surface area contributed by atoms with Gasteiger partial charge in [-0.3, -0.25) is 14.6 Å². The summed E-state index contributed by atoms with van der Waals surface area (Å²) in [6, 6.07) is 8.62. The second kappa shape index (κ2) is 12.6. The van der Waals surface area contributed by atoms with E-state index in [4.69, 9.17) is 0 Å². The number of likely N-dealkylation sites (tertiary alicyclic amines) is 2. The van der Waals surface area contributed by atoms with Crippen molar-refractivity contribution in [2.75, 3.05) is 26.7 Å². The predicted octanol–water partition coefficient (Wildman–Crippen LogP) is 3.27. The first-order valence-electron chi connectivity index (χ1n) is 12.2. The molecule has 1 aliphatic carbocycles. The molecule has 1 unspecified atom stereocenters. The van der Waals surface area contributed by atoms with Crippen LogP contribution < -0.4 is 10.6 Å². The van der Waals surface area contributed by atoms with Gasteiger partial charge in [0.25, 0.3) is 0 Å². The Morgan fingerprint density at radius 1 is 1.09 bits per heavy atom. The lowest BCUT2D eigenvalue weighted by Gasteiger charge is -2.26. The zero-order valence-corrected chi connectivity index (χ0v) is 22.1. The molecule has 3 aliphatic rings. The van der Waals surface area contributed by atoms with Crippen LogP contribution >= 0.6 is 24.0 Å². The molecule has 2 saturated heterocycles. The minimum Gasteiger partial charge on any atom is -0.352 e. The molecule has 0 bridgehead atoms. The largest absolute Gasteiger partial charge is 0.352 e. The topological polar surface area (TPSA) is 77.0 Å². The third kappa shape index (κ3) is 7.07. The van der Waals surface area contributed by atoms with E-state index in [-0.39, 0.29) is 41.8 Å². The van der Waals surface area contributed by atoms with E-state index in [0.717, 1.165) is 62.4 Å². The molecule has 1 saturated carbocycles. The van der Waals surface area contributed by atoms with Crippen LogP contribution in [0.1, 0.15) is 62.5 Å². The summed E-state index contributed by atoms with van der Waals surface area (Å²) >= 11 is 0. The van der Waals surface area contributed by atoms with Crippen LogP contribution in [0.25, 0.3) is 0 Å². The fourth-order valence-corrected chi connectivity index (χ4v) is 5.19. The number of nitrogens with zero attached hydrogens (tertiary/aromatic N) is 3. The van der Waals surface area contributed by atoms with Gasteiger partial charge in [-0.05, 0) is 36.8 Å². The molecule has 3 fully saturated rings. The van der Waals surface area contributed by atoms with Crippen LogP contribution in [0.4, 0.5) is 0 Å². The van der Waals surface area contributed by atoms with E-state index in [1.165, 1.54) is 19.3 Å². The van der Waals surface area contributed by atoms with E-state index >= 15 is 0 Å². The number of rotatable bonds is 6. The second-order valence-electron chi connectivity index (χ2n) is 9.41. The number of benzene rings is 1. The molecule has 0 radical (unpaired) electrons. The highest BCUT2D eigenvalue weighted by molar-refractivity contribution is 14.0. The Morgan fingerprint density at radius 3 is 2.61 bits per heavy atom. The number of nitrogens with one attached hydrogen (secondary N) is 2. The van der Waals surface area contributed by atoms with Crippen LogP contribution in [-0.2, 0) is 22.7 Å². The number of aliphatic imine (C=N–C) groups is 1. The standard InChI is InChI=1S/C25H37N5O2.HI/c1-26-25(28-22-12-14-30(18-22)24(32)21-9-3-2-4-10-21)27-16-19-7-5-8-20(15-19)17-29-13-6-11-23(29)31;/h5,7-8,15,21-22H,2-4,6,9-14,16-18H2,1H3,(H2,26,27,28);1H. The Kier molecular flexibility index (Phi) is 9.82. The average Bonchev–Trinajstić information content (AvgIpc) is 3.46. The van der Waals surface area contributed by atoms with E-state index in [1.807, 2.05) is 9.80 Å². The van der Waals surface area contributed by atoms with Crippen molar-refractivity contribution in [1.29, 1.82) is 0 Å². The van der Waals surface area contributed by atoms with Crippen LogP contribution in [0.2, 0.25) is 0 Å². The highest BCUT2D eigenvalue weighted by Crippen LogP contribution is 2.26. The summed E-state index contributed by atoms with van der Waals surface area (Å²) in [5.74, 6) is 1.61. The van der Waals surface area contributed by atoms with Crippen molar-refractivity contribution in [3.63, 3.8) is 0 Å². The van der Waals surface area contributed by atoms with Crippen molar-refractivity contribution in [2.45, 2.75) is 70.5 Å². The number of hydrogen-bond acceptors (Lipinski definition) is 3. The lowest BCUT2D eigenvalue weighted by molar-refractivity contribution is -0.135. The minimum atomic E-state index is 0. The lowest BCUT2D eigenvalue weighted by atomic mass is 9.88. The summed E-state index contributed by atoms with van der Waals surface area (Å²) in [4.78, 5) is 33.1. The highest BCUT2D eigenvalue weighted by Gasteiger charge is 2.31. The van der Waals surface area contributed by atoms with Crippen molar-refractivity contribution in [3.05, 3.63) is 35.4 Å². The van der Waals surface area contributed by atoms with Crippen molar-refractivity contribution >= 4 is 41.8 Å². The second-order valence-corrected chi connectivity index (χ2v) is 9.41. The normalized spacial score (nSPS) is 21.8. The van der Waals surface area contributed by atoms with Crippen molar-refractivity contribution in [3.8, 4) is 0 Å². The Bertz CT molecular complexity index is 840. The van der Waals surface area contributed by atoms with Gasteiger partial charge in [-0.25, -0.2) is 0 Å². The molecule has 1 aromatic carbocycles. The van der Waals surface area contributed by atoms with Crippen molar-refractivity contribution in [2.24, 2.45) is 10.9 Å². The molecule has 0 spiro atoms. The van der Waals surface area contributed by atoms with Gasteiger partial charge in [0.2, 0.25) is 11.8 Å². The first-order valence-corrected chi connectivity index (χ1v) is 12.2. The van der Waals surface area contributed by atoms with E-state index in [2.05, 4.69) is 39.9 Å². The molecule has 2 heterocycles. The van der Waals surface area contributed by atoms with Gasteiger partial charge in [0.1, 0.15) is 0 Å². The molecule has 2 amide bonds. The molecule has 7 nitrogen and oxygen atoms in total. The number of carbonyl (C=O) groups excluding carboxylic acids is 2. The Morgan fingerprint density at radius 2 is 1.88 bits per heavy atom. The van der Waals surface area contributed by atoms with Crippen molar-refractivity contribution < 1.29 is 9.59 Å². The number of amides is 2. The monoisotopic (exact) mass is 567 g/mol. The third-order valence-corrected chi connectivity index (χ3v) is 7.01. The van der Waals surface area contributed by atoms with Crippen LogP contribution in [-0.4, -0.2) is 60.3 Å². The van der Waals surface area contributed by atoms with Gasteiger partial charge < -0.3 is 20.4 Å². The summed E-state index contributed by atoms with van der Waals surface area (Å²) in [5.41, 5.74) is 2.33. The van der Waals surface area contributed by atoms with Crippen molar-refractivity contribution in [1.82, 2.24) is 20.4 Å². The maximum atomic E-state index is 12.8. The molecule has 182 valence electrons. The Labute approximate surface area is 214 Å². The van der Waals surface area contributed by atoms with Crippen LogP contribution in [0.15, 0.2) is 29.3 Å². The first kappa shape index (κ1) is 25.8. The van der Waals surface area contributed by atoms with Crippen LogP contribution in [0.5, 0.6) is 0 Å². The fraction of sp³-hybridized carbons (Fsp3) is 0.640. The average molecular weight is 568 g/mol. The predicted molar refractivity (Wildman–Crippen MR) is 141 cm³/mol. The number of hydrogen-bond donors (Lipinski definition) is 2. The van der Waals surface area contributed by atoms with Gasteiger partial charge in [0.15, 0.2) is 5.96 Å². The van der Waals surface area contributed by atoms with Gasteiger partial charge in [0, 0.05) is 58.2 Å². The fourth-order valence-electron chi connectivity index (χ4n) is 5.19. The minimum absolute atomic E-state index is 0. The molecule has 2 aliphatic heterocycles. The highest BCUT2D eigenvalue weighted by atomic mass is 127. The molecule has 8 heteroatoms. The zero-order chi connectivity index (χ0) is 22.3. The number of carbonyl (C=O) groups is 2. The molecule has 4 rings (SSSR count). The molecular weight excluding hydrogens is 529 g/mol. The third-order valence-electron chi connectivity index (χ3n) is 7.01. The maximum absolute atomic E-state index is 12.8. The molecule has 33 heavy (non-hydrogen) atoms. The molecule has 0 aromatic heterocycles. The summed E-state index contributed by atoms with van der Waals surface area (Å²) in [7, 11) is 1.78. The number of halogens is 1. The van der Waals surface area contributed by atoms with Crippen LogP contribution in [0.3, 0.4) is 0 Å². The Hall–Kier alpha value is -1.84. The smallest absolute Gasteiger partial charge is 0.225 e. The van der Waals surface area contributed by atoms with Gasteiger partial charge >= 0.3 is 0 Å². The molecule has 1 aromatic rings. The zero-order valence-electron chi connectivity index (χ0n) is 19.7. The summed E-state index contributed by atoms with van der Waals surface area (Å²) in [5, 5.41) is 6.90. The van der Waals surface area contributed by atoms with Gasteiger partial charge in [-0.15, -0.1) is 24.0 Å². The summed E-state index contributed by atoms with van der Waals surface area (Å²) in [6.45, 7) is 3.81. The number of guanidine groups is 1. The molecule has 2 N–H and O–H groups in total. The van der Waals surface area contributed by atoms with E-state index in [1.54, 1.807) is 7.05 Å². The first-order chi connectivity index (χ1) is 15.6. The lowest BCUT2D eigenvalue weighted by Crippen LogP contribution is -2.45. The van der Waals surface area contributed by atoms with Gasteiger partial charge in [-0.1, -0.05) is 43.5 Å². The van der Waals surface area contributed by atoms with Gasteiger partial charge in [0.05, 0.1) is 0 Å². The molecule has 1 atom stereocenters. The van der Waals surface area contributed by atoms with Gasteiger partial charge in [-0.2, -0.15) is 0 Å².